The minimum Gasteiger partial charge on any atom is -0.501 e. The van der Waals surface area contributed by atoms with E-state index in [2.05, 4.69) is 15.2 Å². The van der Waals surface area contributed by atoms with Crippen LogP contribution in [0.5, 0.6) is 5.75 Å². The fourth-order valence-electron chi connectivity index (χ4n) is 3.03. The van der Waals surface area contributed by atoms with E-state index in [-0.39, 0.29) is 24.1 Å². The van der Waals surface area contributed by atoms with Gasteiger partial charge < -0.3 is 15.3 Å². The summed E-state index contributed by atoms with van der Waals surface area (Å²) in [7, 11) is 3.91. The number of aromatic hydroxyl groups is 1. The van der Waals surface area contributed by atoms with Gasteiger partial charge in [0.25, 0.3) is 11.5 Å². The Morgan fingerprint density at radius 1 is 1.38 bits per heavy atom. The average Bonchev–Trinajstić information content (AvgIpc) is 2.63. The van der Waals surface area contributed by atoms with Crippen LogP contribution in [-0.4, -0.2) is 45.6 Å². The first-order chi connectivity index (χ1) is 12.4. The summed E-state index contributed by atoms with van der Waals surface area (Å²) >= 11 is 0. The lowest BCUT2D eigenvalue weighted by atomic mass is 10.0. The van der Waals surface area contributed by atoms with Crippen LogP contribution < -0.4 is 10.9 Å². The molecule has 0 saturated heterocycles. The number of carbonyl (C=O) groups is 1. The first kappa shape index (κ1) is 18.1. The maximum absolute atomic E-state index is 12.9. The Kier molecular flexibility index (Phi) is 5.03. The number of amides is 1. The molecule has 2 aromatic rings. The quantitative estimate of drug-likeness (QED) is 0.846. The first-order valence-corrected chi connectivity index (χ1v) is 8.38. The molecule has 0 aliphatic carbocycles. The molecule has 0 bridgehead atoms. The normalized spacial score (nSPS) is 16.4. The molecule has 1 unspecified atom stereocenters. The van der Waals surface area contributed by atoms with E-state index in [9.17, 15) is 19.1 Å². The van der Waals surface area contributed by atoms with Gasteiger partial charge in [-0.2, -0.15) is 0 Å². The SMILES string of the molecule is CN(C)C1CCn2c(nc(C(=O)NCc3ccc(F)cc3)c(O)c2=O)C1. The second-order valence-electron chi connectivity index (χ2n) is 6.60. The highest BCUT2D eigenvalue weighted by molar-refractivity contribution is 5.94. The molecule has 7 nitrogen and oxygen atoms in total. The summed E-state index contributed by atoms with van der Waals surface area (Å²) in [6, 6.07) is 5.91. The van der Waals surface area contributed by atoms with Crippen molar-refractivity contribution in [3.05, 3.63) is 57.5 Å². The number of likely N-dealkylation sites (N-methyl/N-ethyl adjacent to an activating group) is 1. The van der Waals surface area contributed by atoms with Crippen molar-refractivity contribution >= 4 is 5.91 Å². The Morgan fingerprint density at radius 2 is 2.08 bits per heavy atom. The van der Waals surface area contributed by atoms with Crippen LogP contribution in [-0.2, 0) is 19.5 Å². The summed E-state index contributed by atoms with van der Waals surface area (Å²) < 4.78 is 14.3. The third-order valence-electron chi connectivity index (χ3n) is 4.64. The highest BCUT2D eigenvalue weighted by atomic mass is 19.1. The van der Waals surface area contributed by atoms with E-state index in [4.69, 9.17) is 0 Å². The molecule has 2 heterocycles. The van der Waals surface area contributed by atoms with Crippen LogP contribution in [0, 0.1) is 5.82 Å². The van der Waals surface area contributed by atoms with Crippen LogP contribution in [0.2, 0.25) is 0 Å². The molecule has 138 valence electrons. The highest BCUT2D eigenvalue weighted by Gasteiger charge is 2.27. The fraction of sp³-hybridized carbons (Fsp3) is 0.389. The van der Waals surface area contributed by atoms with Crippen molar-refractivity contribution in [1.29, 1.82) is 0 Å². The van der Waals surface area contributed by atoms with Crippen molar-refractivity contribution in [3.63, 3.8) is 0 Å². The summed E-state index contributed by atoms with van der Waals surface area (Å²) in [5.74, 6) is -1.16. The number of nitrogens with one attached hydrogen (secondary N) is 1. The van der Waals surface area contributed by atoms with Gasteiger partial charge in [-0.3, -0.25) is 14.2 Å². The van der Waals surface area contributed by atoms with E-state index in [1.165, 1.54) is 16.7 Å². The molecule has 0 spiro atoms. The van der Waals surface area contributed by atoms with Crippen LogP contribution in [0.1, 0.15) is 28.3 Å². The lowest BCUT2D eigenvalue weighted by molar-refractivity contribution is 0.0941. The molecular formula is C18H21FN4O3. The van der Waals surface area contributed by atoms with Crippen molar-refractivity contribution in [3.8, 4) is 5.75 Å². The van der Waals surface area contributed by atoms with Crippen molar-refractivity contribution in [1.82, 2.24) is 19.8 Å². The number of halogens is 1. The summed E-state index contributed by atoms with van der Waals surface area (Å²) in [4.78, 5) is 31.1. The summed E-state index contributed by atoms with van der Waals surface area (Å²) in [5.41, 5.74) is -0.177. The van der Waals surface area contributed by atoms with E-state index in [1.807, 2.05) is 14.1 Å². The van der Waals surface area contributed by atoms with E-state index in [0.29, 0.717) is 24.4 Å². The van der Waals surface area contributed by atoms with Crippen LogP contribution in [0.3, 0.4) is 0 Å². The van der Waals surface area contributed by atoms with E-state index in [1.54, 1.807) is 12.1 Å². The molecule has 1 aromatic heterocycles. The second-order valence-corrected chi connectivity index (χ2v) is 6.60. The van der Waals surface area contributed by atoms with Crippen molar-refractivity contribution in [2.75, 3.05) is 14.1 Å². The topological polar surface area (TPSA) is 87.5 Å². The molecule has 1 atom stereocenters. The smallest absolute Gasteiger partial charge is 0.296 e. The third kappa shape index (κ3) is 3.60. The summed E-state index contributed by atoms with van der Waals surface area (Å²) in [6.45, 7) is 0.591. The molecule has 1 aliphatic heterocycles. The molecule has 8 heteroatoms. The lowest BCUT2D eigenvalue weighted by Crippen LogP contribution is -2.41. The van der Waals surface area contributed by atoms with E-state index >= 15 is 0 Å². The predicted octanol–water partition coefficient (Wildman–Crippen LogP) is 0.894. The average molecular weight is 360 g/mol. The monoisotopic (exact) mass is 360 g/mol. The molecule has 1 amide bonds. The van der Waals surface area contributed by atoms with Gasteiger partial charge in [0, 0.05) is 25.6 Å². The maximum atomic E-state index is 12.9. The molecule has 1 aromatic carbocycles. The zero-order valence-corrected chi connectivity index (χ0v) is 14.7. The third-order valence-corrected chi connectivity index (χ3v) is 4.64. The van der Waals surface area contributed by atoms with Crippen LogP contribution >= 0.6 is 0 Å². The lowest BCUT2D eigenvalue weighted by Gasteiger charge is -2.30. The van der Waals surface area contributed by atoms with Crippen LogP contribution in [0.15, 0.2) is 29.1 Å². The zero-order chi connectivity index (χ0) is 18.8. The van der Waals surface area contributed by atoms with Gasteiger partial charge in [-0.1, -0.05) is 12.1 Å². The van der Waals surface area contributed by atoms with Gasteiger partial charge in [0.15, 0.2) is 5.69 Å². The standard InChI is InChI=1S/C18H21FN4O3/c1-22(2)13-7-8-23-14(9-13)21-15(16(24)18(23)26)17(25)20-10-11-3-5-12(19)6-4-11/h3-6,13,24H,7-10H2,1-2H3,(H,20,25). The predicted molar refractivity (Wildman–Crippen MR) is 93.5 cm³/mol. The molecule has 0 saturated carbocycles. The molecule has 0 radical (unpaired) electrons. The van der Waals surface area contributed by atoms with Gasteiger partial charge >= 0.3 is 0 Å². The number of aromatic nitrogens is 2. The Morgan fingerprint density at radius 3 is 2.73 bits per heavy atom. The van der Waals surface area contributed by atoms with Crippen molar-refractivity contribution in [2.24, 2.45) is 0 Å². The zero-order valence-electron chi connectivity index (χ0n) is 14.7. The minimum atomic E-state index is -0.645. The molecule has 26 heavy (non-hydrogen) atoms. The molecular weight excluding hydrogens is 339 g/mol. The highest BCUT2D eigenvalue weighted by Crippen LogP contribution is 2.18. The van der Waals surface area contributed by atoms with Gasteiger partial charge in [0.05, 0.1) is 0 Å². The molecule has 3 rings (SSSR count). The maximum Gasteiger partial charge on any atom is 0.296 e. The number of nitrogens with zero attached hydrogens (tertiary/aromatic N) is 3. The van der Waals surface area contributed by atoms with E-state index < -0.39 is 17.2 Å². The Labute approximate surface area is 150 Å². The van der Waals surface area contributed by atoms with Gasteiger partial charge in [0.1, 0.15) is 11.6 Å². The first-order valence-electron chi connectivity index (χ1n) is 8.38. The number of benzene rings is 1. The number of rotatable bonds is 4. The largest absolute Gasteiger partial charge is 0.501 e. The Bertz CT molecular complexity index is 877. The van der Waals surface area contributed by atoms with Crippen molar-refractivity contribution in [2.45, 2.75) is 32.0 Å². The molecule has 0 fully saturated rings. The van der Waals surface area contributed by atoms with Crippen LogP contribution in [0.25, 0.3) is 0 Å². The summed E-state index contributed by atoms with van der Waals surface area (Å²) in [6.07, 6.45) is 1.30. The second kappa shape index (κ2) is 7.25. The molecule has 2 N–H and O–H groups in total. The number of carbonyl (C=O) groups excluding carboxylic acids is 1. The van der Waals surface area contributed by atoms with Gasteiger partial charge in [-0.25, -0.2) is 9.37 Å². The fourth-order valence-corrected chi connectivity index (χ4v) is 3.03. The van der Waals surface area contributed by atoms with Gasteiger partial charge in [-0.05, 0) is 38.2 Å². The number of hydrogen-bond acceptors (Lipinski definition) is 5. The number of fused-ring (bicyclic) bond motifs is 1. The van der Waals surface area contributed by atoms with Crippen LogP contribution in [0.4, 0.5) is 4.39 Å². The Balaban J connectivity index is 1.82. The minimum absolute atomic E-state index is 0.138. The molecule has 1 aliphatic rings. The van der Waals surface area contributed by atoms with E-state index in [0.717, 1.165) is 6.42 Å². The van der Waals surface area contributed by atoms with Gasteiger partial charge in [0.2, 0.25) is 5.75 Å². The Hall–Kier alpha value is -2.74. The van der Waals surface area contributed by atoms with Gasteiger partial charge in [-0.15, -0.1) is 0 Å². The summed E-state index contributed by atoms with van der Waals surface area (Å²) in [5, 5.41) is 12.7. The number of hydrogen-bond donors (Lipinski definition) is 2. The van der Waals surface area contributed by atoms with Crippen molar-refractivity contribution < 1.29 is 14.3 Å².